The Kier molecular flexibility index (Phi) is 6.36. The Morgan fingerprint density at radius 3 is 2.21 bits per heavy atom. The van der Waals surface area contributed by atoms with Crippen molar-refractivity contribution in [3.63, 3.8) is 0 Å². The standard InChI is InChI=1S/C21H29N3O4/c1-4-28-17-7-5-16(6-8-17)18-19(21(27)24(15(2)3)20(18)26)23-11-9-22(10-12-23)13-14-25/h5-8,15,25H,4,9-14H2,1-3H3. The number of hydrogen-bond acceptors (Lipinski definition) is 6. The lowest BCUT2D eigenvalue weighted by atomic mass is 10.0. The number of amides is 2. The number of carbonyl (C=O) groups excluding carboxylic acids is 2. The molecule has 0 bridgehead atoms. The number of benzene rings is 1. The summed E-state index contributed by atoms with van der Waals surface area (Å²) < 4.78 is 5.49. The zero-order valence-electron chi connectivity index (χ0n) is 16.9. The summed E-state index contributed by atoms with van der Waals surface area (Å²) in [5.74, 6) is 0.278. The Bertz CT molecular complexity index is 749. The van der Waals surface area contributed by atoms with Crippen LogP contribution in [0.5, 0.6) is 5.75 Å². The molecule has 0 radical (unpaired) electrons. The molecule has 1 fully saturated rings. The number of nitrogens with zero attached hydrogens (tertiary/aromatic N) is 3. The SMILES string of the molecule is CCOc1ccc(C2=C(N3CCN(CCO)CC3)C(=O)N(C(C)C)C2=O)cc1. The summed E-state index contributed by atoms with van der Waals surface area (Å²) in [6.07, 6.45) is 0. The van der Waals surface area contributed by atoms with Crippen molar-refractivity contribution < 1.29 is 19.4 Å². The summed E-state index contributed by atoms with van der Waals surface area (Å²) in [6, 6.07) is 7.15. The van der Waals surface area contributed by atoms with Gasteiger partial charge in [0.05, 0.1) is 18.8 Å². The van der Waals surface area contributed by atoms with Crippen molar-refractivity contribution in [1.29, 1.82) is 0 Å². The highest BCUT2D eigenvalue weighted by atomic mass is 16.5. The van der Waals surface area contributed by atoms with Crippen molar-refractivity contribution in [2.45, 2.75) is 26.8 Å². The van der Waals surface area contributed by atoms with Gasteiger partial charge >= 0.3 is 0 Å². The first-order valence-corrected chi connectivity index (χ1v) is 9.91. The fraction of sp³-hybridized carbons (Fsp3) is 0.524. The van der Waals surface area contributed by atoms with E-state index < -0.39 is 0 Å². The molecule has 0 spiro atoms. The van der Waals surface area contributed by atoms with Crippen LogP contribution in [0.4, 0.5) is 0 Å². The topological polar surface area (TPSA) is 73.3 Å². The van der Waals surface area contributed by atoms with Crippen molar-refractivity contribution in [2.24, 2.45) is 0 Å². The van der Waals surface area contributed by atoms with Crippen molar-refractivity contribution in [1.82, 2.24) is 14.7 Å². The fourth-order valence-electron chi connectivity index (χ4n) is 3.78. The molecule has 2 heterocycles. The Hall–Kier alpha value is -2.38. The average Bonchev–Trinajstić information content (AvgIpc) is 2.94. The minimum absolute atomic E-state index is 0.124. The monoisotopic (exact) mass is 387 g/mol. The predicted molar refractivity (Wildman–Crippen MR) is 107 cm³/mol. The van der Waals surface area contributed by atoms with E-state index in [1.165, 1.54) is 4.90 Å². The third-order valence-corrected chi connectivity index (χ3v) is 5.17. The molecule has 1 N–H and O–H groups in total. The Morgan fingerprint density at radius 2 is 1.68 bits per heavy atom. The Labute approximate surface area is 166 Å². The largest absolute Gasteiger partial charge is 0.494 e. The van der Waals surface area contributed by atoms with E-state index in [0.717, 1.165) is 24.4 Å². The normalized spacial score (nSPS) is 18.6. The molecular formula is C21H29N3O4. The van der Waals surface area contributed by atoms with E-state index in [-0.39, 0.29) is 24.5 Å². The van der Waals surface area contributed by atoms with Crippen LogP contribution >= 0.6 is 0 Å². The zero-order valence-corrected chi connectivity index (χ0v) is 16.9. The van der Waals surface area contributed by atoms with Crippen LogP contribution in [0.1, 0.15) is 26.3 Å². The second kappa shape index (κ2) is 8.75. The van der Waals surface area contributed by atoms with Crippen molar-refractivity contribution in [3.05, 3.63) is 35.5 Å². The molecule has 0 atom stereocenters. The first-order valence-electron chi connectivity index (χ1n) is 9.91. The number of piperazine rings is 1. The van der Waals surface area contributed by atoms with Crippen LogP contribution in [0, 0.1) is 0 Å². The number of aliphatic hydroxyl groups is 1. The number of ether oxygens (including phenoxy) is 1. The van der Waals surface area contributed by atoms with E-state index in [1.54, 1.807) is 0 Å². The van der Waals surface area contributed by atoms with Crippen LogP contribution in [0.15, 0.2) is 30.0 Å². The number of rotatable bonds is 7. The van der Waals surface area contributed by atoms with Crippen molar-refractivity contribution in [2.75, 3.05) is 45.9 Å². The minimum Gasteiger partial charge on any atom is -0.494 e. The van der Waals surface area contributed by atoms with Gasteiger partial charge in [0.25, 0.3) is 11.8 Å². The fourth-order valence-corrected chi connectivity index (χ4v) is 3.78. The van der Waals surface area contributed by atoms with E-state index in [4.69, 9.17) is 9.84 Å². The van der Waals surface area contributed by atoms with E-state index in [0.29, 0.717) is 37.5 Å². The third kappa shape index (κ3) is 3.91. The van der Waals surface area contributed by atoms with E-state index >= 15 is 0 Å². The first-order chi connectivity index (χ1) is 13.5. The van der Waals surface area contributed by atoms with Gasteiger partial charge in [-0.1, -0.05) is 12.1 Å². The molecule has 152 valence electrons. The zero-order chi connectivity index (χ0) is 20.3. The van der Waals surface area contributed by atoms with Crippen LogP contribution < -0.4 is 4.74 Å². The second-order valence-electron chi connectivity index (χ2n) is 7.31. The molecule has 1 aromatic rings. The molecule has 2 amide bonds. The maximum Gasteiger partial charge on any atom is 0.278 e. The summed E-state index contributed by atoms with van der Waals surface area (Å²) in [5, 5.41) is 9.14. The van der Waals surface area contributed by atoms with Gasteiger partial charge in [0.2, 0.25) is 0 Å². The first kappa shape index (κ1) is 20.4. The Balaban J connectivity index is 1.95. The lowest BCUT2D eigenvalue weighted by molar-refractivity contribution is -0.139. The summed E-state index contributed by atoms with van der Waals surface area (Å²) in [5.41, 5.74) is 1.70. The molecule has 7 nitrogen and oxygen atoms in total. The molecule has 3 rings (SSSR count). The molecule has 1 aromatic carbocycles. The average molecular weight is 387 g/mol. The summed E-state index contributed by atoms with van der Waals surface area (Å²) in [6.45, 7) is 9.77. The number of β-amino-alcohol motifs (C(OH)–C–C–N with tert-alkyl or cyclic N) is 1. The van der Waals surface area contributed by atoms with E-state index in [2.05, 4.69) is 4.90 Å². The third-order valence-electron chi connectivity index (χ3n) is 5.17. The minimum atomic E-state index is -0.239. The van der Waals surface area contributed by atoms with Gasteiger partial charge in [0.15, 0.2) is 0 Å². The predicted octanol–water partition coefficient (Wildman–Crippen LogP) is 1.18. The molecule has 2 aliphatic rings. The van der Waals surface area contributed by atoms with Crippen molar-refractivity contribution in [3.8, 4) is 5.75 Å². The number of carbonyl (C=O) groups is 2. The van der Waals surface area contributed by atoms with Gasteiger partial charge < -0.3 is 14.7 Å². The van der Waals surface area contributed by atoms with Crippen LogP contribution in [0.3, 0.4) is 0 Å². The van der Waals surface area contributed by atoms with Gasteiger partial charge in [0.1, 0.15) is 11.4 Å². The highest BCUT2D eigenvalue weighted by molar-refractivity contribution is 6.35. The van der Waals surface area contributed by atoms with E-state index in [9.17, 15) is 9.59 Å². The molecule has 7 heteroatoms. The van der Waals surface area contributed by atoms with Crippen LogP contribution in [-0.4, -0.2) is 83.6 Å². The lowest BCUT2D eigenvalue weighted by Crippen LogP contribution is -2.48. The summed E-state index contributed by atoms with van der Waals surface area (Å²) in [7, 11) is 0. The maximum atomic E-state index is 13.1. The maximum absolute atomic E-state index is 13.1. The van der Waals surface area contributed by atoms with Crippen LogP contribution in [0.2, 0.25) is 0 Å². The lowest BCUT2D eigenvalue weighted by Gasteiger charge is -2.36. The van der Waals surface area contributed by atoms with Gasteiger partial charge in [-0.15, -0.1) is 0 Å². The molecule has 0 saturated carbocycles. The molecule has 0 unspecified atom stereocenters. The van der Waals surface area contributed by atoms with E-state index in [1.807, 2.05) is 49.9 Å². The quantitative estimate of drug-likeness (QED) is 0.709. The highest BCUT2D eigenvalue weighted by Crippen LogP contribution is 2.34. The summed E-state index contributed by atoms with van der Waals surface area (Å²) >= 11 is 0. The smallest absolute Gasteiger partial charge is 0.278 e. The van der Waals surface area contributed by atoms with Crippen LogP contribution in [0.25, 0.3) is 5.57 Å². The molecule has 0 aliphatic carbocycles. The highest BCUT2D eigenvalue weighted by Gasteiger charge is 2.43. The Morgan fingerprint density at radius 1 is 1.04 bits per heavy atom. The van der Waals surface area contributed by atoms with Gasteiger partial charge in [-0.3, -0.25) is 19.4 Å². The molecule has 2 aliphatic heterocycles. The number of hydrogen-bond donors (Lipinski definition) is 1. The molecule has 1 saturated heterocycles. The molecule has 0 aromatic heterocycles. The summed E-state index contributed by atoms with van der Waals surface area (Å²) in [4.78, 5) is 31.8. The van der Waals surface area contributed by atoms with Gasteiger partial charge in [-0.2, -0.15) is 0 Å². The van der Waals surface area contributed by atoms with Gasteiger partial charge in [-0.25, -0.2) is 0 Å². The molecule has 28 heavy (non-hydrogen) atoms. The van der Waals surface area contributed by atoms with Crippen molar-refractivity contribution >= 4 is 17.4 Å². The van der Waals surface area contributed by atoms with Gasteiger partial charge in [-0.05, 0) is 38.5 Å². The number of imide groups is 1. The second-order valence-corrected chi connectivity index (χ2v) is 7.31. The van der Waals surface area contributed by atoms with Gasteiger partial charge in [0, 0.05) is 38.8 Å². The number of aliphatic hydroxyl groups excluding tert-OH is 1. The molecular weight excluding hydrogens is 358 g/mol. The van der Waals surface area contributed by atoms with Crippen LogP contribution in [-0.2, 0) is 9.59 Å².